The zero-order valence-corrected chi connectivity index (χ0v) is 12.1. The Hall–Kier alpha value is -0.600. The smallest absolute Gasteiger partial charge is 0.142 e. The molecule has 1 rings (SSSR count). The molecule has 1 atom stereocenters. The van der Waals surface area contributed by atoms with Gasteiger partial charge in [0.1, 0.15) is 5.82 Å². The molecule has 102 valence electrons. The average Bonchev–Trinajstić information content (AvgIpc) is 2.38. The zero-order valence-electron chi connectivity index (χ0n) is 11.3. The van der Waals surface area contributed by atoms with E-state index in [1.807, 2.05) is 6.07 Å². The summed E-state index contributed by atoms with van der Waals surface area (Å²) in [6.45, 7) is 5.34. The lowest BCUT2D eigenvalue weighted by Gasteiger charge is -2.19. The van der Waals surface area contributed by atoms with Gasteiger partial charge in [0.05, 0.1) is 5.02 Å². The Morgan fingerprint density at radius 1 is 1.28 bits per heavy atom. The molecule has 0 aromatic heterocycles. The summed E-state index contributed by atoms with van der Waals surface area (Å²) in [6.07, 6.45) is 5.40. The van der Waals surface area contributed by atoms with Crippen LogP contribution in [-0.2, 0) is 6.42 Å². The lowest BCUT2D eigenvalue weighted by Crippen LogP contribution is -2.31. The second kappa shape index (κ2) is 8.49. The van der Waals surface area contributed by atoms with Crippen LogP contribution in [0.3, 0.4) is 0 Å². The van der Waals surface area contributed by atoms with E-state index in [4.69, 9.17) is 11.6 Å². The highest BCUT2D eigenvalue weighted by molar-refractivity contribution is 6.31. The molecule has 0 amide bonds. The molecular weight excluding hydrogens is 249 g/mol. The fourth-order valence-electron chi connectivity index (χ4n) is 2.05. The van der Waals surface area contributed by atoms with Gasteiger partial charge in [-0.05, 0) is 37.4 Å². The topological polar surface area (TPSA) is 12.0 Å². The summed E-state index contributed by atoms with van der Waals surface area (Å²) in [5.41, 5.74) is 0.904. The van der Waals surface area contributed by atoms with Crippen molar-refractivity contribution >= 4 is 11.6 Å². The van der Waals surface area contributed by atoms with E-state index in [9.17, 15) is 4.39 Å². The highest BCUT2D eigenvalue weighted by atomic mass is 35.5. The van der Waals surface area contributed by atoms with Gasteiger partial charge in [0.2, 0.25) is 0 Å². The van der Waals surface area contributed by atoms with Gasteiger partial charge in [0.25, 0.3) is 0 Å². The van der Waals surface area contributed by atoms with Crippen molar-refractivity contribution in [3.8, 4) is 0 Å². The maximum atomic E-state index is 13.4. The molecule has 3 heteroatoms. The molecule has 18 heavy (non-hydrogen) atoms. The quantitative estimate of drug-likeness (QED) is 0.730. The molecule has 0 bridgehead atoms. The van der Waals surface area contributed by atoms with Crippen LogP contribution in [0.2, 0.25) is 5.02 Å². The van der Waals surface area contributed by atoms with Gasteiger partial charge >= 0.3 is 0 Å². The number of halogens is 2. The Morgan fingerprint density at radius 2 is 2.06 bits per heavy atom. The zero-order chi connectivity index (χ0) is 13.4. The Bertz CT molecular complexity index is 346. The molecule has 1 aromatic carbocycles. The van der Waals surface area contributed by atoms with Crippen molar-refractivity contribution in [1.82, 2.24) is 5.32 Å². The third-order valence-electron chi connectivity index (χ3n) is 3.09. The summed E-state index contributed by atoms with van der Waals surface area (Å²) < 4.78 is 13.4. The fraction of sp³-hybridized carbons (Fsp3) is 0.600. The second-order valence-electron chi connectivity index (χ2n) is 4.71. The van der Waals surface area contributed by atoms with Gasteiger partial charge in [-0.15, -0.1) is 0 Å². The van der Waals surface area contributed by atoms with Gasteiger partial charge in [-0.3, -0.25) is 0 Å². The minimum absolute atomic E-state index is 0.275. The maximum absolute atomic E-state index is 13.4. The van der Waals surface area contributed by atoms with Crippen molar-refractivity contribution in [3.05, 3.63) is 34.6 Å². The third-order valence-corrected chi connectivity index (χ3v) is 3.51. The van der Waals surface area contributed by atoms with E-state index in [-0.39, 0.29) is 10.8 Å². The van der Waals surface area contributed by atoms with Gasteiger partial charge in [0, 0.05) is 6.04 Å². The van der Waals surface area contributed by atoms with E-state index < -0.39 is 0 Å². The fourth-order valence-corrected chi connectivity index (χ4v) is 2.25. The molecule has 0 aliphatic heterocycles. The second-order valence-corrected chi connectivity index (χ2v) is 5.09. The van der Waals surface area contributed by atoms with Crippen LogP contribution in [0.4, 0.5) is 4.39 Å². The highest BCUT2D eigenvalue weighted by Gasteiger charge is 2.12. The molecule has 0 fully saturated rings. The Morgan fingerprint density at radius 3 is 2.72 bits per heavy atom. The van der Waals surface area contributed by atoms with Crippen LogP contribution in [0.25, 0.3) is 0 Å². The summed E-state index contributed by atoms with van der Waals surface area (Å²) in [5, 5.41) is 3.79. The predicted octanol–water partition coefficient (Wildman–Crippen LogP) is 4.58. The van der Waals surface area contributed by atoms with E-state index in [0.717, 1.165) is 31.4 Å². The Balaban J connectivity index is 2.65. The van der Waals surface area contributed by atoms with E-state index in [2.05, 4.69) is 19.2 Å². The first-order valence-electron chi connectivity index (χ1n) is 6.85. The molecule has 0 saturated carbocycles. The lowest BCUT2D eigenvalue weighted by atomic mass is 10.0. The van der Waals surface area contributed by atoms with Crippen LogP contribution < -0.4 is 5.32 Å². The van der Waals surface area contributed by atoms with Crippen LogP contribution in [0, 0.1) is 5.82 Å². The number of rotatable bonds is 8. The number of hydrogen-bond donors (Lipinski definition) is 1. The van der Waals surface area contributed by atoms with E-state index >= 15 is 0 Å². The van der Waals surface area contributed by atoms with Crippen molar-refractivity contribution < 1.29 is 4.39 Å². The van der Waals surface area contributed by atoms with Gasteiger partial charge < -0.3 is 5.32 Å². The lowest BCUT2D eigenvalue weighted by molar-refractivity contribution is 0.461. The minimum atomic E-state index is -0.320. The Kier molecular flexibility index (Phi) is 7.29. The van der Waals surface area contributed by atoms with E-state index in [1.165, 1.54) is 18.9 Å². The van der Waals surface area contributed by atoms with Gasteiger partial charge in [-0.2, -0.15) is 0 Å². The molecule has 0 spiro atoms. The molecule has 0 heterocycles. The largest absolute Gasteiger partial charge is 0.314 e. The molecule has 0 aliphatic carbocycles. The van der Waals surface area contributed by atoms with E-state index in [1.54, 1.807) is 6.07 Å². The molecular formula is C15H23ClFN. The van der Waals surface area contributed by atoms with Crippen LogP contribution >= 0.6 is 11.6 Å². The standard InChI is InChI=1S/C15H23ClFN/c1-3-5-8-13(18-10-4-2)11-12-7-6-9-14(17)15(12)16/h6-7,9,13,18H,3-5,8,10-11H2,1-2H3. The van der Waals surface area contributed by atoms with Crippen molar-refractivity contribution in [2.75, 3.05) is 6.54 Å². The SMILES string of the molecule is CCCCC(Cc1cccc(F)c1Cl)NCCC. The number of unbranched alkanes of at least 4 members (excludes halogenated alkanes) is 1. The first-order chi connectivity index (χ1) is 8.69. The van der Waals surface area contributed by atoms with Crippen molar-refractivity contribution in [3.63, 3.8) is 0 Å². The van der Waals surface area contributed by atoms with Gasteiger partial charge in [0.15, 0.2) is 0 Å². The first kappa shape index (κ1) is 15.5. The molecule has 0 saturated heterocycles. The number of hydrogen-bond acceptors (Lipinski definition) is 1. The molecule has 1 N–H and O–H groups in total. The molecule has 0 aliphatic rings. The summed E-state index contributed by atoms with van der Waals surface area (Å²) in [5.74, 6) is -0.320. The molecule has 1 unspecified atom stereocenters. The molecule has 0 radical (unpaired) electrons. The van der Waals surface area contributed by atoms with Crippen LogP contribution in [0.1, 0.15) is 45.1 Å². The molecule has 1 nitrogen and oxygen atoms in total. The van der Waals surface area contributed by atoms with Crippen LogP contribution in [-0.4, -0.2) is 12.6 Å². The van der Waals surface area contributed by atoms with Gasteiger partial charge in [-0.1, -0.05) is 50.4 Å². The normalized spacial score (nSPS) is 12.7. The summed E-state index contributed by atoms with van der Waals surface area (Å²) in [6, 6.07) is 5.45. The monoisotopic (exact) mass is 271 g/mol. The van der Waals surface area contributed by atoms with Crippen molar-refractivity contribution in [1.29, 1.82) is 0 Å². The predicted molar refractivity (Wildman–Crippen MR) is 76.7 cm³/mol. The highest BCUT2D eigenvalue weighted by Crippen LogP contribution is 2.22. The average molecular weight is 272 g/mol. The van der Waals surface area contributed by atoms with Crippen molar-refractivity contribution in [2.24, 2.45) is 0 Å². The minimum Gasteiger partial charge on any atom is -0.314 e. The van der Waals surface area contributed by atoms with Crippen LogP contribution in [0.15, 0.2) is 18.2 Å². The number of benzene rings is 1. The summed E-state index contributed by atoms with van der Waals surface area (Å²) in [7, 11) is 0. The number of nitrogens with one attached hydrogen (secondary N) is 1. The van der Waals surface area contributed by atoms with Gasteiger partial charge in [-0.25, -0.2) is 4.39 Å². The summed E-state index contributed by atoms with van der Waals surface area (Å²) in [4.78, 5) is 0. The maximum Gasteiger partial charge on any atom is 0.142 e. The molecule has 1 aromatic rings. The summed E-state index contributed by atoms with van der Waals surface area (Å²) >= 11 is 6.00. The van der Waals surface area contributed by atoms with Crippen LogP contribution in [0.5, 0.6) is 0 Å². The van der Waals surface area contributed by atoms with Crippen molar-refractivity contribution in [2.45, 2.75) is 52.0 Å². The first-order valence-corrected chi connectivity index (χ1v) is 7.23. The third kappa shape index (κ3) is 4.95. The van der Waals surface area contributed by atoms with E-state index in [0.29, 0.717) is 6.04 Å². The Labute approximate surface area is 115 Å².